The molecule has 2 heterocycles. The van der Waals surface area contributed by atoms with Crippen molar-refractivity contribution < 1.29 is 14.3 Å². The zero-order chi connectivity index (χ0) is 15.0. The molecule has 1 fully saturated rings. The number of nitrogens with zero attached hydrogens (tertiary/aromatic N) is 2. The summed E-state index contributed by atoms with van der Waals surface area (Å²) in [5.41, 5.74) is 1.59. The van der Waals surface area contributed by atoms with Gasteiger partial charge in [-0.3, -0.25) is 14.7 Å². The maximum atomic E-state index is 13.7. The first-order valence-corrected chi connectivity index (χ1v) is 7.03. The van der Waals surface area contributed by atoms with E-state index in [1.54, 1.807) is 12.3 Å². The normalized spacial score (nSPS) is 22.8. The Labute approximate surface area is 122 Å². The maximum absolute atomic E-state index is 13.7. The highest BCUT2D eigenvalue weighted by Gasteiger charge is 2.34. The number of aliphatic carboxylic acids is 1. The summed E-state index contributed by atoms with van der Waals surface area (Å²) >= 11 is 0. The van der Waals surface area contributed by atoms with Crippen molar-refractivity contribution in [2.75, 3.05) is 13.1 Å². The minimum atomic E-state index is -0.757. The van der Waals surface area contributed by atoms with E-state index >= 15 is 0 Å². The fraction of sp³-hybridized carbons (Fsp3) is 0.375. The van der Waals surface area contributed by atoms with Crippen molar-refractivity contribution in [2.24, 2.45) is 11.8 Å². The second kappa shape index (κ2) is 5.41. The Morgan fingerprint density at radius 3 is 3.00 bits per heavy atom. The second-order valence-electron chi connectivity index (χ2n) is 5.76. The minimum Gasteiger partial charge on any atom is -0.481 e. The van der Waals surface area contributed by atoms with E-state index in [0.717, 1.165) is 16.5 Å². The van der Waals surface area contributed by atoms with Gasteiger partial charge in [0.15, 0.2) is 0 Å². The monoisotopic (exact) mass is 288 g/mol. The molecule has 2 aromatic rings. The van der Waals surface area contributed by atoms with Gasteiger partial charge in [-0.2, -0.15) is 0 Å². The number of pyridine rings is 1. The highest BCUT2D eigenvalue weighted by atomic mass is 19.1. The van der Waals surface area contributed by atoms with Crippen LogP contribution in [0, 0.1) is 17.7 Å². The fourth-order valence-corrected chi connectivity index (χ4v) is 3.11. The number of aromatic nitrogens is 1. The predicted molar refractivity (Wildman–Crippen MR) is 77.3 cm³/mol. The Morgan fingerprint density at radius 2 is 2.29 bits per heavy atom. The van der Waals surface area contributed by atoms with Crippen molar-refractivity contribution in [3.05, 3.63) is 41.8 Å². The molecule has 0 unspecified atom stereocenters. The molecule has 0 aliphatic carbocycles. The van der Waals surface area contributed by atoms with Crippen LogP contribution in [0.25, 0.3) is 10.9 Å². The van der Waals surface area contributed by atoms with Crippen LogP contribution in [0.2, 0.25) is 0 Å². The number of fused-ring (bicyclic) bond motifs is 1. The van der Waals surface area contributed by atoms with Crippen molar-refractivity contribution >= 4 is 16.9 Å². The summed E-state index contributed by atoms with van der Waals surface area (Å²) in [6.07, 6.45) is 1.69. The first-order valence-electron chi connectivity index (χ1n) is 7.03. The van der Waals surface area contributed by atoms with Gasteiger partial charge in [0.2, 0.25) is 0 Å². The van der Waals surface area contributed by atoms with E-state index in [1.165, 1.54) is 12.1 Å². The van der Waals surface area contributed by atoms with Gasteiger partial charge in [-0.25, -0.2) is 4.39 Å². The molecule has 110 valence electrons. The number of halogens is 1. The molecule has 0 spiro atoms. The average molecular weight is 288 g/mol. The predicted octanol–water partition coefficient (Wildman–Crippen LogP) is 2.53. The van der Waals surface area contributed by atoms with Gasteiger partial charge in [0, 0.05) is 31.2 Å². The number of carbonyl (C=O) groups is 1. The summed E-state index contributed by atoms with van der Waals surface area (Å²) in [5, 5.41) is 9.96. The van der Waals surface area contributed by atoms with Gasteiger partial charge in [0.1, 0.15) is 5.82 Å². The largest absolute Gasteiger partial charge is 0.481 e. The number of likely N-dealkylation sites (tertiary alicyclic amines) is 1. The minimum absolute atomic E-state index is 0.107. The zero-order valence-corrected chi connectivity index (χ0v) is 11.8. The highest BCUT2D eigenvalue weighted by Crippen LogP contribution is 2.27. The zero-order valence-electron chi connectivity index (χ0n) is 11.8. The lowest BCUT2D eigenvalue weighted by molar-refractivity contribution is -0.142. The number of rotatable bonds is 3. The van der Waals surface area contributed by atoms with Gasteiger partial charge in [0.05, 0.1) is 11.4 Å². The molecule has 0 bridgehead atoms. The topological polar surface area (TPSA) is 53.4 Å². The molecule has 2 atom stereocenters. The first-order chi connectivity index (χ1) is 10.0. The third kappa shape index (κ3) is 2.74. The Hall–Kier alpha value is -2.01. The van der Waals surface area contributed by atoms with Crippen molar-refractivity contribution in [1.82, 2.24) is 9.88 Å². The van der Waals surface area contributed by atoms with E-state index in [2.05, 4.69) is 9.88 Å². The smallest absolute Gasteiger partial charge is 0.308 e. The van der Waals surface area contributed by atoms with E-state index in [-0.39, 0.29) is 17.7 Å². The van der Waals surface area contributed by atoms with Crippen LogP contribution < -0.4 is 0 Å². The average Bonchev–Trinajstić information content (AvgIpc) is 2.79. The van der Waals surface area contributed by atoms with Gasteiger partial charge < -0.3 is 5.11 Å². The molecule has 1 aromatic heterocycles. The van der Waals surface area contributed by atoms with E-state index in [0.29, 0.717) is 19.6 Å². The standard InChI is InChI=1S/C16H17FN2O2/c1-10-7-19(9-14(10)16(20)21)8-12-6-13(17)5-11-3-2-4-18-15(11)12/h2-6,10,14H,7-9H2,1H3,(H,20,21)/t10-,14-/m1/s1. The number of benzene rings is 1. The molecule has 1 saturated heterocycles. The molecule has 0 radical (unpaired) electrons. The van der Waals surface area contributed by atoms with Gasteiger partial charge in [0.25, 0.3) is 0 Å². The molecule has 21 heavy (non-hydrogen) atoms. The molecule has 4 nitrogen and oxygen atoms in total. The lowest BCUT2D eigenvalue weighted by Gasteiger charge is -2.16. The van der Waals surface area contributed by atoms with Crippen molar-refractivity contribution in [1.29, 1.82) is 0 Å². The van der Waals surface area contributed by atoms with E-state index in [4.69, 9.17) is 0 Å². The second-order valence-corrected chi connectivity index (χ2v) is 5.76. The molecular formula is C16H17FN2O2. The molecule has 0 amide bonds. The summed E-state index contributed by atoms with van der Waals surface area (Å²) in [4.78, 5) is 17.6. The molecule has 3 rings (SSSR count). The molecule has 1 aliphatic heterocycles. The van der Waals surface area contributed by atoms with Crippen LogP contribution in [0.3, 0.4) is 0 Å². The Morgan fingerprint density at radius 1 is 1.48 bits per heavy atom. The summed E-state index contributed by atoms with van der Waals surface area (Å²) in [5.74, 6) is -1.28. The van der Waals surface area contributed by atoms with Gasteiger partial charge in [-0.15, -0.1) is 0 Å². The fourth-order valence-electron chi connectivity index (χ4n) is 3.11. The summed E-state index contributed by atoms with van der Waals surface area (Å²) in [6, 6.07) is 6.58. The van der Waals surface area contributed by atoms with Crippen molar-refractivity contribution in [2.45, 2.75) is 13.5 Å². The van der Waals surface area contributed by atoms with Crippen LogP contribution >= 0.6 is 0 Å². The SMILES string of the molecule is C[C@@H]1CN(Cc2cc(F)cc3cccnc23)C[C@H]1C(=O)O. The molecule has 1 N–H and O–H groups in total. The molecule has 0 saturated carbocycles. The highest BCUT2D eigenvalue weighted by molar-refractivity contribution is 5.81. The Kier molecular flexibility index (Phi) is 3.59. The van der Waals surface area contributed by atoms with Crippen LogP contribution in [-0.4, -0.2) is 34.0 Å². The quantitative estimate of drug-likeness (QED) is 0.943. The first kappa shape index (κ1) is 13.9. The molecule has 1 aliphatic rings. The van der Waals surface area contributed by atoms with Gasteiger partial charge >= 0.3 is 5.97 Å². The van der Waals surface area contributed by atoms with Crippen LogP contribution in [-0.2, 0) is 11.3 Å². The van der Waals surface area contributed by atoms with Crippen LogP contribution in [0.15, 0.2) is 30.5 Å². The maximum Gasteiger partial charge on any atom is 0.308 e. The number of carboxylic acid groups (broad SMARTS) is 1. The van der Waals surface area contributed by atoms with E-state index in [9.17, 15) is 14.3 Å². The third-order valence-electron chi connectivity index (χ3n) is 4.15. The van der Waals surface area contributed by atoms with Crippen LogP contribution in [0.1, 0.15) is 12.5 Å². The number of hydrogen-bond acceptors (Lipinski definition) is 3. The van der Waals surface area contributed by atoms with Crippen LogP contribution in [0.4, 0.5) is 4.39 Å². The van der Waals surface area contributed by atoms with E-state index in [1.807, 2.05) is 13.0 Å². The molecular weight excluding hydrogens is 271 g/mol. The van der Waals surface area contributed by atoms with Crippen molar-refractivity contribution in [3.8, 4) is 0 Å². The number of hydrogen-bond donors (Lipinski definition) is 1. The molecule has 1 aromatic carbocycles. The summed E-state index contributed by atoms with van der Waals surface area (Å²) < 4.78 is 13.7. The van der Waals surface area contributed by atoms with E-state index < -0.39 is 5.97 Å². The lowest BCUT2D eigenvalue weighted by atomic mass is 9.99. The lowest BCUT2D eigenvalue weighted by Crippen LogP contribution is -2.23. The summed E-state index contributed by atoms with van der Waals surface area (Å²) in [7, 11) is 0. The Bertz CT molecular complexity index is 689. The number of carboxylic acids is 1. The third-order valence-corrected chi connectivity index (χ3v) is 4.15. The van der Waals surface area contributed by atoms with Crippen LogP contribution in [0.5, 0.6) is 0 Å². The van der Waals surface area contributed by atoms with Crippen molar-refractivity contribution in [3.63, 3.8) is 0 Å². The summed E-state index contributed by atoms with van der Waals surface area (Å²) in [6.45, 7) is 3.68. The van der Waals surface area contributed by atoms with Gasteiger partial charge in [-0.05, 0) is 29.7 Å². The van der Waals surface area contributed by atoms with Gasteiger partial charge in [-0.1, -0.05) is 13.0 Å². The molecule has 5 heteroatoms. The Balaban J connectivity index is 1.87.